The van der Waals surface area contributed by atoms with Gasteiger partial charge in [-0.1, -0.05) is 11.6 Å². The van der Waals surface area contributed by atoms with E-state index in [1.54, 1.807) is 5.57 Å². The fourth-order valence-corrected chi connectivity index (χ4v) is 6.76. The Morgan fingerprint density at radius 3 is 2.64 bits per heavy atom. The summed E-state index contributed by atoms with van der Waals surface area (Å²) < 4.78 is 0. The maximum atomic E-state index is 12.9. The van der Waals surface area contributed by atoms with Crippen LogP contribution in [0.15, 0.2) is 11.6 Å². The molecule has 1 N–H and O–H groups in total. The normalized spacial score (nSPS) is 43.0. The van der Waals surface area contributed by atoms with Crippen LogP contribution in [0.4, 0.5) is 0 Å². The van der Waals surface area contributed by atoms with Gasteiger partial charge in [-0.05, 0) is 82.5 Å². The summed E-state index contributed by atoms with van der Waals surface area (Å²) in [6.45, 7) is 0.817. The van der Waals surface area contributed by atoms with E-state index in [0.29, 0.717) is 17.7 Å². The van der Waals surface area contributed by atoms with Crippen molar-refractivity contribution < 1.29 is 4.79 Å². The minimum Gasteiger partial charge on any atom is -0.355 e. The van der Waals surface area contributed by atoms with Gasteiger partial charge in [0.1, 0.15) is 0 Å². The van der Waals surface area contributed by atoms with E-state index in [2.05, 4.69) is 11.4 Å². The molecule has 0 radical (unpaired) electrons. The lowest BCUT2D eigenvalue weighted by Crippen LogP contribution is -2.58. The third-order valence-corrected chi connectivity index (χ3v) is 7.03. The van der Waals surface area contributed by atoms with Crippen LogP contribution in [0.5, 0.6) is 0 Å². The lowest BCUT2D eigenvalue weighted by molar-refractivity contribution is -0.144. The van der Waals surface area contributed by atoms with E-state index in [9.17, 15) is 4.79 Å². The molecule has 0 aliphatic heterocycles. The Labute approximate surface area is 139 Å². The predicted octanol–water partition coefficient (Wildman–Crippen LogP) is 4.57. The fraction of sp³-hybridized carbons (Fsp3) is 0.842. The van der Waals surface area contributed by atoms with E-state index in [4.69, 9.17) is 11.6 Å². The van der Waals surface area contributed by atoms with Crippen molar-refractivity contribution >= 4 is 17.5 Å². The van der Waals surface area contributed by atoms with Crippen LogP contribution in [0.1, 0.15) is 70.6 Å². The molecule has 0 heterocycles. The van der Waals surface area contributed by atoms with Crippen molar-refractivity contribution in [3.63, 3.8) is 0 Å². The molecule has 5 rings (SSSR count). The van der Waals surface area contributed by atoms with E-state index in [1.807, 2.05) is 0 Å². The quantitative estimate of drug-likeness (QED) is 0.596. The SMILES string of the molecule is O=C(NCCC1=CCCCC1)C12C[C@H]3C[C@@H](CC(Cl)(C3)C1)C2. The largest absolute Gasteiger partial charge is 0.355 e. The van der Waals surface area contributed by atoms with Crippen molar-refractivity contribution in [2.45, 2.75) is 75.5 Å². The van der Waals surface area contributed by atoms with Crippen LogP contribution in [0.25, 0.3) is 0 Å². The lowest BCUT2D eigenvalue weighted by Gasteiger charge is -2.59. The molecule has 5 aliphatic carbocycles. The Morgan fingerprint density at radius 2 is 2.00 bits per heavy atom. The molecular formula is C19H28ClNO. The molecule has 4 fully saturated rings. The molecule has 3 heteroatoms. The number of allylic oxidation sites excluding steroid dienone is 1. The predicted molar refractivity (Wildman–Crippen MR) is 89.9 cm³/mol. The van der Waals surface area contributed by atoms with E-state index in [0.717, 1.165) is 45.1 Å². The van der Waals surface area contributed by atoms with Gasteiger partial charge in [0.15, 0.2) is 0 Å². The second kappa shape index (κ2) is 5.54. The number of alkyl halides is 1. The molecule has 0 aromatic rings. The highest BCUT2D eigenvalue weighted by molar-refractivity contribution is 6.24. The van der Waals surface area contributed by atoms with Crippen LogP contribution < -0.4 is 5.32 Å². The van der Waals surface area contributed by atoms with Gasteiger partial charge in [-0.3, -0.25) is 4.79 Å². The van der Waals surface area contributed by atoms with Gasteiger partial charge in [0.05, 0.1) is 5.41 Å². The molecular weight excluding hydrogens is 294 g/mol. The molecule has 5 aliphatic rings. The average molecular weight is 322 g/mol. The summed E-state index contributed by atoms with van der Waals surface area (Å²) in [6.07, 6.45) is 15.2. The Morgan fingerprint density at radius 1 is 1.23 bits per heavy atom. The number of rotatable bonds is 4. The Kier molecular flexibility index (Phi) is 3.79. The topological polar surface area (TPSA) is 29.1 Å². The third kappa shape index (κ3) is 2.72. The molecule has 22 heavy (non-hydrogen) atoms. The van der Waals surface area contributed by atoms with Gasteiger partial charge >= 0.3 is 0 Å². The lowest BCUT2D eigenvalue weighted by atomic mass is 9.49. The number of amides is 1. The Bertz CT molecular complexity index is 484. The molecule has 0 spiro atoms. The minimum atomic E-state index is -0.132. The number of carbonyl (C=O) groups excluding carboxylic acids is 1. The number of halogens is 1. The zero-order chi connectivity index (χ0) is 15.2. The van der Waals surface area contributed by atoms with Crippen LogP contribution >= 0.6 is 11.6 Å². The smallest absolute Gasteiger partial charge is 0.226 e. The first-order chi connectivity index (χ1) is 10.6. The van der Waals surface area contributed by atoms with Crippen LogP contribution in [0.2, 0.25) is 0 Å². The maximum absolute atomic E-state index is 12.9. The third-order valence-electron chi connectivity index (χ3n) is 6.59. The highest BCUT2D eigenvalue weighted by Crippen LogP contribution is 2.63. The molecule has 0 aromatic carbocycles. The zero-order valence-corrected chi connectivity index (χ0v) is 14.3. The molecule has 1 amide bonds. The molecule has 0 aromatic heterocycles. The van der Waals surface area contributed by atoms with E-state index < -0.39 is 0 Å². The number of carbonyl (C=O) groups is 1. The zero-order valence-electron chi connectivity index (χ0n) is 13.5. The van der Waals surface area contributed by atoms with E-state index in [-0.39, 0.29) is 10.3 Å². The van der Waals surface area contributed by atoms with Crippen molar-refractivity contribution in [2.24, 2.45) is 17.3 Å². The second-order valence-corrected chi connectivity index (χ2v) is 9.31. The summed E-state index contributed by atoms with van der Waals surface area (Å²) in [5.74, 6) is 1.71. The maximum Gasteiger partial charge on any atom is 0.226 e. The summed E-state index contributed by atoms with van der Waals surface area (Å²) in [4.78, 5) is 12.8. The van der Waals surface area contributed by atoms with Gasteiger partial charge in [0.2, 0.25) is 5.91 Å². The highest BCUT2D eigenvalue weighted by atomic mass is 35.5. The molecule has 0 unspecified atom stereocenters. The van der Waals surface area contributed by atoms with Gasteiger partial charge in [-0.2, -0.15) is 0 Å². The molecule has 0 saturated heterocycles. The van der Waals surface area contributed by atoms with E-state index in [1.165, 1.54) is 32.1 Å². The van der Waals surface area contributed by atoms with Gasteiger partial charge < -0.3 is 5.32 Å². The molecule has 2 atom stereocenters. The van der Waals surface area contributed by atoms with Crippen molar-refractivity contribution in [1.82, 2.24) is 5.32 Å². The number of hydrogen-bond acceptors (Lipinski definition) is 1. The monoisotopic (exact) mass is 321 g/mol. The van der Waals surface area contributed by atoms with Gasteiger partial charge in [-0.25, -0.2) is 0 Å². The fourth-order valence-electron chi connectivity index (χ4n) is 6.07. The minimum absolute atomic E-state index is 0.0622. The van der Waals surface area contributed by atoms with Crippen LogP contribution in [-0.2, 0) is 4.79 Å². The molecule has 4 bridgehead atoms. The number of nitrogens with one attached hydrogen (secondary N) is 1. The summed E-state index contributed by atoms with van der Waals surface area (Å²) >= 11 is 6.83. The van der Waals surface area contributed by atoms with E-state index >= 15 is 0 Å². The van der Waals surface area contributed by atoms with Crippen LogP contribution in [-0.4, -0.2) is 17.3 Å². The van der Waals surface area contributed by atoms with Crippen molar-refractivity contribution in [1.29, 1.82) is 0 Å². The Balaban J connectivity index is 1.37. The van der Waals surface area contributed by atoms with Crippen molar-refractivity contribution in [2.75, 3.05) is 6.54 Å². The van der Waals surface area contributed by atoms with Crippen molar-refractivity contribution in [3.8, 4) is 0 Å². The van der Waals surface area contributed by atoms with Gasteiger partial charge in [0, 0.05) is 11.4 Å². The first-order valence-corrected chi connectivity index (χ1v) is 9.60. The molecule has 4 saturated carbocycles. The average Bonchev–Trinajstić information content (AvgIpc) is 2.45. The number of hydrogen-bond donors (Lipinski definition) is 1. The first-order valence-electron chi connectivity index (χ1n) is 9.22. The van der Waals surface area contributed by atoms with Crippen LogP contribution in [0.3, 0.4) is 0 Å². The molecule has 122 valence electrons. The highest BCUT2D eigenvalue weighted by Gasteiger charge is 2.59. The van der Waals surface area contributed by atoms with Crippen molar-refractivity contribution in [3.05, 3.63) is 11.6 Å². The first kappa shape index (κ1) is 15.1. The Hall–Kier alpha value is -0.500. The summed E-state index contributed by atoms with van der Waals surface area (Å²) in [5.41, 5.74) is 1.41. The van der Waals surface area contributed by atoms with Crippen LogP contribution in [0, 0.1) is 17.3 Å². The molecule has 2 nitrogen and oxygen atoms in total. The second-order valence-electron chi connectivity index (χ2n) is 8.51. The standard InChI is InChI=1S/C19H28ClNO/c20-19-11-15-8-16(12-19)10-18(9-15,13-19)17(22)21-7-6-14-4-2-1-3-5-14/h4,15-16H,1-3,5-13H2,(H,21,22)/t15-,16-,18?,19?/m1/s1. The summed E-state index contributed by atoms with van der Waals surface area (Å²) in [7, 11) is 0. The van der Waals surface area contributed by atoms with Gasteiger partial charge in [0.25, 0.3) is 0 Å². The van der Waals surface area contributed by atoms with Gasteiger partial charge in [-0.15, -0.1) is 11.6 Å². The summed E-state index contributed by atoms with van der Waals surface area (Å²) in [6, 6.07) is 0. The summed E-state index contributed by atoms with van der Waals surface area (Å²) in [5, 5.41) is 3.27.